The summed E-state index contributed by atoms with van der Waals surface area (Å²) in [6.07, 6.45) is 0. The molecular formula is C19H13BrN2. The maximum Gasteiger partial charge on any atom is 0.146 e. The van der Waals surface area contributed by atoms with Gasteiger partial charge in [0.1, 0.15) is 5.82 Å². The van der Waals surface area contributed by atoms with Crippen molar-refractivity contribution in [3.05, 3.63) is 83.3 Å². The minimum Gasteiger partial charge on any atom is -0.292 e. The Morgan fingerprint density at radius 1 is 0.727 bits per heavy atom. The third-order valence-electron chi connectivity index (χ3n) is 3.69. The lowest BCUT2D eigenvalue weighted by molar-refractivity contribution is 1.10. The number of imidazole rings is 1. The molecule has 0 spiro atoms. The van der Waals surface area contributed by atoms with Crippen LogP contribution in [0, 0.1) is 0 Å². The van der Waals surface area contributed by atoms with Crippen LogP contribution in [0.5, 0.6) is 0 Å². The van der Waals surface area contributed by atoms with Gasteiger partial charge in [-0.2, -0.15) is 0 Å². The quantitative estimate of drug-likeness (QED) is 0.470. The fourth-order valence-electron chi connectivity index (χ4n) is 2.69. The first-order chi connectivity index (χ1) is 10.8. The molecule has 0 amide bonds. The number of aromatic nitrogens is 2. The second-order valence-corrected chi connectivity index (χ2v) is 5.93. The molecule has 2 nitrogen and oxygen atoms in total. The number of benzene rings is 3. The van der Waals surface area contributed by atoms with Gasteiger partial charge in [0.25, 0.3) is 0 Å². The highest BCUT2D eigenvalue weighted by Gasteiger charge is 2.15. The van der Waals surface area contributed by atoms with Crippen LogP contribution in [0.15, 0.2) is 83.3 Å². The van der Waals surface area contributed by atoms with Crippen LogP contribution in [-0.2, 0) is 0 Å². The second kappa shape index (κ2) is 5.43. The number of hydrogen-bond donors (Lipinski definition) is 0. The molecule has 0 aliphatic carbocycles. The largest absolute Gasteiger partial charge is 0.292 e. The molecule has 4 aromatic rings. The highest BCUT2D eigenvalue weighted by molar-refractivity contribution is 9.10. The second-order valence-electron chi connectivity index (χ2n) is 5.07. The van der Waals surface area contributed by atoms with Gasteiger partial charge in [0.05, 0.1) is 11.0 Å². The van der Waals surface area contributed by atoms with Crippen molar-refractivity contribution in [3.63, 3.8) is 0 Å². The highest BCUT2D eigenvalue weighted by Crippen LogP contribution is 2.32. The Morgan fingerprint density at radius 3 is 2.23 bits per heavy atom. The number of rotatable bonds is 2. The third kappa shape index (κ3) is 2.14. The molecule has 0 atom stereocenters. The molecule has 1 aromatic heterocycles. The summed E-state index contributed by atoms with van der Waals surface area (Å²) in [5.74, 6) is 0.944. The SMILES string of the molecule is Brc1ccccc1-c1nc2ccccc2n1-c1ccccc1. The zero-order chi connectivity index (χ0) is 14.9. The summed E-state index contributed by atoms with van der Waals surface area (Å²) in [5, 5.41) is 0. The number of halogens is 1. The molecule has 0 aliphatic rings. The zero-order valence-electron chi connectivity index (χ0n) is 11.8. The van der Waals surface area contributed by atoms with E-state index in [1.54, 1.807) is 0 Å². The lowest BCUT2D eigenvalue weighted by Gasteiger charge is -2.10. The minimum absolute atomic E-state index is 0.944. The predicted molar refractivity (Wildman–Crippen MR) is 94.2 cm³/mol. The van der Waals surface area contributed by atoms with E-state index in [0.29, 0.717) is 0 Å². The van der Waals surface area contributed by atoms with Gasteiger partial charge in [0.15, 0.2) is 0 Å². The molecule has 0 aliphatic heterocycles. The molecule has 0 unspecified atom stereocenters. The molecule has 106 valence electrons. The number of para-hydroxylation sites is 3. The maximum atomic E-state index is 4.85. The van der Waals surface area contributed by atoms with Crippen LogP contribution in [0.4, 0.5) is 0 Å². The summed E-state index contributed by atoms with van der Waals surface area (Å²) in [6, 6.07) is 26.8. The van der Waals surface area contributed by atoms with Gasteiger partial charge in [-0.05, 0) is 30.3 Å². The topological polar surface area (TPSA) is 17.8 Å². The lowest BCUT2D eigenvalue weighted by Crippen LogP contribution is -1.97. The van der Waals surface area contributed by atoms with Crippen molar-refractivity contribution in [1.82, 2.24) is 9.55 Å². The van der Waals surface area contributed by atoms with Crippen LogP contribution in [0.25, 0.3) is 28.1 Å². The summed E-state index contributed by atoms with van der Waals surface area (Å²) in [5.41, 5.74) is 4.31. The zero-order valence-corrected chi connectivity index (χ0v) is 13.4. The molecule has 0 bridgehead atoms. The van der Waals surface area contributed by atoms with E-state index >= 15 is 0 Å². The summed E-state index contributed by atoms with van der Waals surface area (Å²) < 4.78 is 3.25. The van der Waals surface area contributed by atoms with E-state index in [-0.39, 0.29) is 0 Å². The van der Waals surface area contributed by atoms with E-state index in [2.05, 4.69) is 50.8 Å². The molecule has 0 saturated heterocycles. The van der Waals surface area contributed by atoms with E-state index in [0.717, 1.165) is 32.6 Å². The van der Waals surface area contributed by atoms with Crippen LogP contribution >= 0.6 is 15.9 Å². The van der Waals surface area contributed by atoms with Crippen LogP contribution in [0.3, 0.4) is 0 Å². The molecule has 0 fully saturated rings. The van der Waals surface area contributed by atoms with Gasteiger partial charge in [0, 0.05) is 15.7 Å². The fourth-order valence-corrected chi connectivity index (χ4v) is 3.15. The Kier molecular flexibility index (Phi) is 3.28. The van der Waals surface area contributed by atoms with Gasteiger partial charge in [-0.15, -0.1) is 0 Å². The summed E-state index contributed by atoms with van der Waals surface area (Å²) >= 11 is 3.64. The van der Waals surface area contributed by atoms with Crippen molar-refractivity contribution in [2.45, 2.75) is 0 Å². The molecule has 4 rings (SSSR count). The normalized spacial score (nSPS) is 11.0. The first-order valence-corrected chi connectivity index (χ1v) is 7.92. The van der Waals surface area contributed by atoms with Crippen molar-refractivity contribution in [2.24, 2.45) is 0 Å². The van der Waals surface area contributed by atoms with Crippen LogP contribution < -0.4 is 0 Å². The molecule has 1 heterocycles. The van der Waals surface area contributed by atoms with Crippen molar-refractivity contribution in [1.29, 1.82) is 0 Å². The molecule has 0 N–H and O–H groups in total. The molecule has 0 radical (unpaired) electrons. The summed E-state index contributed by atoms with van der Waals surface area (Å²) in [6.45, 7) is 0. The number of hydrogen-bond acceptors (Lipinski definition) is 1. The molecule has 3 aromatic carbocycles. The Bertz CT molecular complexity index is 942. The van der Waals surface area contributed by atoms with E-state index in [1.165, 1.54) is 0 Å². The van der Waals surface area contributed by atoms with Crippen molar-refractivity contribution in [3.8, 4) is 17.1 Å². The lowest BCUT2D eigenvalue weighted by atomic mass is 10.2. The van der Waals surface area contributed by atoms with E-state index in [4.69, 9.17) is 4.98 Å². The van der Waals surface area contributed by atoms with Crippen LogP contribution in [0.1, 0.15) is 0 Å². The number of fused-ring (bicyclic) bond motifs is 1. The predicted octanol–water partition coefficient (Wildman–Crippen LogP) is 5.46. The minimum atomic E-state index is 0.944. The summed E-state index contributed by atoms with van der Waals surface area (Å²) in [4.78, 5) is 4.85. The van der Waals surface area contributed by atoms with Crippen molar-refractivity contribution >= 4 is 27.0 Å². The standard InChI is InChI=1S/C19H13BrN2/c20-16-11-5-4-10-15(16)19-21-17-12-6-7-13-18(17)22(19)14-8-2-1-3-9-14/h1-13H. The van der Waals surface area contributed by atoms with Crippen molar-refractivity contribution in [2.75, 3.05) is 0 Å². The van der Waals surface area contributed by atoms with Crippen LogP contribution in [-0.4, -0.2) is 9.55 Å². The summed E-state index contributed by atoms with van der Waals surface area (Å²) in [7, 11) is 0. The Balaban J connectivity index is 2.09. The molecular weight excluding hydrogens is 336 g/mol. The Morgan fingerprint density at radius 2 is 1.41 bits per heavy atom. The van der Waals surface area contributed by atoms with Gasteiger partial charge in [0.2, 0.25) is 0 Å². The van der Waals surface area contributed by atoms with Gasteiger partial charge in [-0.1, -0.05) is 64.5 Å². The third-order valence-corrected chi connectivity index (χ3v) is 4.38. The molecule has 3 heteroatoms. The average Bonchev–Trinajstić information content (AvgIpc) is 2.95. The van der Waals surface area contributed by atoms with Gasteiger partial charge in [-0.3, -0.25) is 4.57 Å². The maximum absolute atomic E-state index is 4.85. The van der Waals surface area contributed by atoms with Crippen LogP contribution in [0.2, 0.25) is 0 Å². The van der Waals surface area contributed by atoms with E-state index < -0.39 is 0 Å². The molecule has 0 saturated carbocycles. The first kappa shape index (κ1) is 13.3. The highest BCUT2D eigenvalue weighted by atomic mass is 79.9. The fraction of sp³-hybridized carbons (Fsp3) is 0. The Hall–Kier alpha value is -2.39. The number of nitrogens with zero attached hydrogens (tertiary/aromatic N) is 2. The average molecular weight is 349 g/mol. The first-order valence-electron chi connectivity index (χ1n) is 7.12. The van der Waals surface area contributed by atoms with Gasteiger partial charge >= 0.3 is 0 Å². The van der Waals surface area contributed by atoms with E-state index in [1.807, 2.05) is 48.5 Å². The van der Waals surface area contributed by atoms with Crippen molar-refractivity contribution < 1.29 is 0 Å². The van der Waals surface area contributed by atoms with Gasteiger partial charge in [-0.25, -0.2) is 4.98 Å². The van der Waals surface area contributed by atoms with Gasteiger partial charge < -0.3 is 0 Å². The smallest absolute Gasteiger partial charge is 0.146 e. The molecule has 22 heavy (non-hydrogen) atoms. The van der Waals surface area contributed by atoms with E-state index in [9.17, 15) is 0 Å². The monoisotopic (exact) mass is 348 g/mol. The Labute approximate surface area is 137 Å².